The molecule has 12 heavy (non-hydrogen) atoms. The maximum atomic E-state index is 11.2. The minimum Gasteiger partial charge on any atom is -0.396 e. The van der Waals surface area contributed by atoms with Gasteiger partial charge in [-0.2, -0.15) is 0 Å². The van der Waals surface area contributed by atoms with E-state index in [1.807, 2.05) is 0 Å². The fraction of sp³-hybridized carbons (Fsp3) is 0.429. The second-order valence-electron chi connectivity index (χ2n) is 2.61. The molecule has 0 amide bonds. The van der Waals surface area contributed by atoms with Gasteiger partial charge in [-0.25, -0.2) is 0 Å². The first-order chi connectivity index (χ1) is 5.65. The molecule has 0 heterocycles. The molecule has 1 atom stereocenters. The molecule has 66 valence electrons. The Morgan fingerprint density at radius 3 is 2.92 bits per heavy atom. The molecule has 0 aliphatic heterocycles. The molecular formula is C7H8ClNO3. The quantitative estimate of drug-likeness (QED) is 0.672. The molecule has 1 aliphatic rings. The van der Waals surface area contributed by atoms with E-state index in [-0.39, 0.29) is 30.3 Å². The van der Waals surface area contributed by atoms with Gasteiger partial charge >= 0.3 is 0 Å². The molecule has 0 aromatic heterocycles. The van der Waals surface area contributed by atoms with Crippen LogP contribution in [-0.4, -0.2) is 18.2 Å². The Hall–Kier alpha value is -0.870. The number of allylic oxidation sites excluding steroid dienone is 2. The van der Waals surface area contributed by atoms with Gasteiger partial charge in [-0.05, 0) is 0 Å². The van der Waals surface area contributed by atoms with Gasteiger partial charge in [-0.3, -0.25) is 13.9 Å². The third kappa shape index (κ3) is 1.84. The van der Waals surface area contributed by atoms with Gasteiger partial charge in [-0.1, -0.05) is 0 Å². The number of hydrogen-bond acceptors (Lipinski definition) is 4. The van der Waals surface area contributed by atoms with Crippen LogP contribution in [0.3, 0.4) is 0 Å². The Morgan fingerprint density at radius 2 is 2.33 bits per heavy atom. The molecule has 0 spiro atoms. The summed E-state index contributed by atoms with van der Waals surface area (Å²) in [5.74, 6) is -0.943. The topological polar surface area (TPSA) is 69.4 Å². The van der Waals surface area contributed by atoms with Gasteiger partial charge in [0.15, 0.2) is 11.6 Å². The van der Waals surface area contributed by atoms with Crippen molar-refractivity contribution in [2.24, 2.45) is 11.7 Å². The maximum absolute atomic E-state index is 11.2. The average molecular weight is 190 g/mol. The predicted octanol–water partition coefficient (Wildman–Crippen LogP) is 0.157. The highest BCUT2D eigenvalue weighted by atomic mass is 35.5. The van der Waals surface area contributed by atoms with Crippen LogP contribution in [0.15, 0.2) is 11.8 Å². The van der Waals surface area contributed by atoms with E-state index < -0.39 is 5.92 Å². The van der Waals surface area contributed by atoms with E-state index in [2.05, 4.69) is 4.29 Å². The van der Waals surface area contributed by atoms with E-state index in [9.17, 15) is 9.59 Å². The van der Waals surface area contributed by atoms with E-state index in [1.165, 1.54) is 0 Å². The molecule has 0 radical (unpaired) electrons. The Bertz CT molecular complexity index is 249. The van der Waals surface area contributed by atoms with Gasteiger partial charge in [-0.15, -0.1) is 0 Å². The molecule has 0 saturated heterocycles. The number of Topliss-reactive ketones (excluding diaryl/α,β-unsaturated/α-hetero) is 1. The fourth-order valence-corrected chi connectivity index (χ4v) is 1.24. The summed E-state index contributed by atoms with van der Waals surface area (Å²) in [6.45, 7) is 0.0284. The summed E-state index contributed by atoms with van der Waals surface area (Å²) in [4.78, 5) is 22.1. The zero-order valence-electron chi connectivity index (χ0n) is 6.25. The monoisotopic (exact) mass is 189 g/mol. The lowest BCUT2D eigenvalue weighted by Gasteiger charge is -2.16. The van der Waals surface area contributed by atoms with E-state index in [1.54, 1.807) is 0 Å². The summed E-state index contributed by atoms with van der Waals surface area (Å²) in [5.41, 5.74) is 5.27. The van der Waals surface area contributed by atoms with Crippen molar-refractivity contribution in [3.63, 3.8) is 0 Å². The first kappa shape index (κ1) is 9.22. The molecule has 0 bridgehead atoms. The molecule has 2 N–H and O–H groups in total. The summed E-state index contributed by atoms with van der Waals surface area (Å²) in [7, 11) is 0. The first-order valence-electron chi connectivity index (χ1n) is 3.43. The van der Waals surface area contributed by atoms with Crippen molar-refractivity contribution in [1.82, 2.24) is 0 Å². The van der Waals surface area contributed by atoms with Gasteiger partial charge in [0.1, 0.15) is 0 Å². The zero-order valence-corrected chi connectivity index (χ0v) is 7.00. The summed E-state index contributed by atoms with van der Waals surface area (Å²) in [5, 5.41) is 0. The van der Waals surface area contributed by atoms with Crippen molar-refractivity contribution in [3.8, 4) is 0 Å². The highest BCUT2D eigenvalue weighted by molar-refractivity contribution is 6.10. The van der Waals surface area contributed by atoms with Crippen molar-refractivity contribution < 1.29 is 13.9 Å². The van der Waals surface area contributed by atoms with Crippen LogP contribution in [0.5, 0.6) is 0 Å². The molecule has 0 aromatic carbocycles. The third-order valence-corrected chi connectivity index (χ3v) is 1.81. The number of nitrogens with two attached hydrogens (primary N) is 1. The van der Waals surface area contributed by atoms with Gasteiger partial charge in [0.2, 0.25) is 0 Å². The number of ketones is 2. The van der Waals surface area contributed by atoms with Gasteiger partial charge in [0, 0.05) is 12.5 Å². The second kappa shape index (κ2) is 3.69. The van der Waals surface area contributed by atoms with E-state index in [0.717, 1.165) is 6.08 Å². The third-order valence-electron chi connectivity index (χ3n) is 1.68. The number of carbonyl (C=O) groups excluding carboxylic acids is 2. The van der Waals surface area contributed by atoms with Crippen molar-refractivity contribution in [2.75, 3.05) is 6.61 Å². The van der Waals surface area contributed by atoms with E-state index >= 15 is 0 Å². The number of hydrogen-bond donors (Lipinski definition) is 1. The lowest BCUT2D eigenvalue weighted by atomic mass is 9.91. The van der Waals surface area contributed by atoms with Crippen LogP contribution in [0.4, 0.5) is 0 Å². The largest absolute Gasteiger partial charge is 0.396 e. The smallest absolute Gasteiger partial charge is 0.184 e. The predicted molar refractivity (Wildman–Crippen MR) is 42.2 cm³/mol. The number of carbonyl (C=O) groups is 2. The normalized spacial score (nSPS) is 24.1. The number of rotatable bonds is 2. The molecule has 0 saturated carbocycles. The minimum absolute atomic E-state index is 0.00929. The van der Waals surface area contributed by atoms with Crippen LogP contribution < -0.4 is 5.73 Å². The van der Waals surface area contributed by atoms with Gasteiger partial charge in [0.25, 0.3) is 0 Å². The minimum atomic E-state index is -0.514. The van der Waals surface area contributed by atoms with Crippen LogP contribution >= 0.6 is 11.9 Å². The summed E-state index contributed by atoms with van der Waals surface area (Å²) in [6.07, 6.45) is 1.28. The zero-order chi connectivity index (χ0) is 9.14. The standard InChI is InChI=1S/C7H8ClNO3/c8-12-3-4-1-5(10)2-6(9)7(4)11/h2,4H,1,3,9H2/t4-/m1/s1. The van der Waals surface area contributed by atoms with Crippen LogP contribution in [0.2, 0.25) is 0 Å². The molecule has 1 rings (SSSR count). The van der Waals surface area contributed by atoms with Crippen LogP contribution in [0, 0.1) is 5.92 Å². The highest BCUT2D eigenvalue weighted by Gasteiger charge is 2.27. The second-order valence-corrected chi connectivity index (χ2v) is 2.83. The molecule has 0 fully saturated rings. The Kier molecular flexibility index (Phi) is 2.83. The first-order valence-corrected chi connectivity index (χ1v) is 3.73. The van der Waals surface area contributed by atoms with Crippen molar-refractivity contribution in [2.45, 2.75) is 6.42 Å². The van der Waals surface area contributed by atoms with Crippen LogP contribution in [0.1, 0.15) is 6.42 Å². The molecule has 4 nitrogen and oxygen atoms in total. The van der Waals surface area contributed by atoms with Crippen molar-refractivity contribution >= 4 is 23.4 Å². The SMILES string of the molecule is NC1=CC(=O)C[C@H](COCl)C1=O. The van der Waals surface area contributed by atoms with Crippen molar-refractivity contribution in [1.29, 1.82) is 0 Å². The Balaban J connectivity index is 2.75. The summed E-state index contributed by atoms with van der Waals surface area (Å²) < 4.78 is 4.26. The lowest BCUT2D eigenvalue weighted by Crippen LogP contribution is -2.31. The Morgan fingerprint density at radius 1 is 1.67 bits per heavy atom. The highest BCUT2D eigenvalue weighted by Crippen LogP contribution is 2.16. The summed E-state index contributed by atoms with van der Waals surface area (Å²) in [6, 6.07) is 0. The van der Waals surface area contributed by atoms with E-state index in [4.69, 9.17) is 17.6 Å². The van der Waals surface area contributed by atoms with Crippen LogP contribution in [-0.2, 0) is 13.9 Å². The molecule has 0 aromatic rings. The number of halogens is 1. The Labute approximate surface area is 74.5 Å². The molecule has 5 heteroatoms. The van der Waals surface area contributed by atoms with Crippen molar-refractivity contribution in [3.05, 3.63) is 11.8 Å². The molecular weight excluding hydrogens is 182 g/mol. The molecule has 0 unspecified atom stereocenters. The molecule has 1 aliphatic carbocycles. The van der Waals surface area contributed by atoms with E-state index in [0.29, 0.717) is 0 Å². The van der Waals surface area contributed by atoms with Crippen LogP contribution in [0.25, 0.3) is 0 Å². The average Bonchev–Trinajstić information content (AvgIpc) is 2.00. The maximum Gasteiger partial charge on any atom is 0.184 e. The summed E-state index contributed by atoms with van der Waals surface area (Å²) >= 11 is 4.97. The lowest BCUT2D eigenvalue weighted by molar-refractivity contribution is -0.126. The fourth-order valence-electron chi connectivity index (χ4n) is 1.09. The van der Waals surface area contributed by atoms with Gasteiger partial charge < -0.3 is 5.73 Å². The van der Waals surface area contributed by atoms with Gasteiger partial charge in [0.05, 0.1) is 30.1 Å².